The van der Waals surface area contributed by atoms with Crippen molar-refractivity contribution >= 4 is 23.3 Å². The van der Waals surface area contributed by atoms with Gasteiger partial charge in [0, 0.05) is 60.4 Å². The average molecular weight is 812 g/mol. The molecule has 1 spiro atoms. The van der Waals surface area contributed by atoms with Crippen LogP contribution in [0, 0.1) is 29.6 Å². The minimum atomic E-state index is -1.08. The Labute approximate surface area is 349 Å². The number of fused-ring (bicyclic) bond motifs is 4. The van der Waals surface area contributed by atoms with E-state index >= 15 is 0 Å². The van der Waals surface area contributed by atoms with E-state index in [1.807, 2.05) is 36.5 Å². The highest BCUT2D eigenvalue weighted by atomic mass is 35.5. The molecule has 9 nitrogen and oxygen atoms in total. The lowest BCUT2D eigenvalue weighted by Crippen LogP contribution is -2.53. The second-order valence-electron chi connectivity index (χ2n) is 18.9. The molecule has 2 aromatic carbocycles. The fourth-order valence-corrected chi connectivity index (χ4v) is 12.1. The molecule has 6 aliphatic rings. The lowest BCUT2D eigenvalue weighted by atomic mass is 9.59. The lowest BCUT2D eigenvalue weighted by Gasteiger charge is -2.47. The molecule has 4 heterocycles. The molecule has 9 rings (SSSR count). The highest BCUT2D eigenvalue weighted by Gasteiger charge is 2.54. The highest BCUT2D eigenvalue weighted by Crippen LogP contribution is 2.58. The van der Waals surface area contributed by atoms with Gasteiger partial charge in [0.15, 0.2) is 11.5 Å². The van der Waals surface area contributed by atoms with Crippen LogP contribution >= 0.6 is 11.6 Å². The van der Waals surface area contributed by atoms with E-state index in [0.717, 1.165) is 93.2 Å². The quantitative estimate of drug-likeness (QED) is 0.196. The number of hydrogen-bond acceptors (Lipinski definition) is 8. The molecule has 0 bridgehead atoms. The van der Waals surface area contributed by atoms with Gasteiger partial charge >= 0.3 is 5.97 Å². The summed E-state index contributed by atoms with van der Waals surface area (Å²) in [6.07, 6.45) is 13.4. The van der Waals surface area contributed by atoms with Gasteiger partial charge in [-0.1, -0.05) is 31.5 Å². The number of carbonyl (C=O) groups is 1. The highest BCUT2D eigenvalue weighted by molar-refractivity contribution is 6.30. The first-order valence-electron chi connectivity index (χ1n) is 22.3. The molecule has 58 heavy (non-hydrogen) atoms. The summed E-state index contributed by atoms with van der Waals surface area (Å²) in [5, 5.41) is 14.8. The Morgan fingerprint density at radius 1 is 1.03 bits per heavy atom. The number of pyridine rings is 1. The van der Waals surface area contributed by atoms with Gasteiger partial charge in [-0.15, -0.1) is 0 Å². The van der Waals surface area contributed by atoms with Crippen LogP contribution in [-0.2, 0) is 27.8 Å². The van der Waals surface area contributed by atoms with Crippen molar-refractivity contribution in [3.05, 3.63) is 76.1 Å². The van der Waals surface area contributed by atoms with E-state index in [1.165, 1.54) is 61.0 Å². The summed E-state index contributed by atoms with van der Waals surface area (Å²) in [4.78, 5) is 20.5. The second kappa shape index (κ2) is 16.8. The van der Waals surface area contributed by atoms with Crippen molar-refractivity contribution in [3.8, 4) is 17.2 Å². The zero-order valence-electron chi connectivity index (χ0n) is 34.5. The van der Waals surface area contributed by atoms with E-state index in [9.17, 15) is 9.90 Å². The Bertz CT molecular complexity index is 1940. The summed E-state index contributed by atoms with van der Waals surface area (Å²) in [5.74, 6) is 4.83. The smallest absolute Gasteiger partial charge is 0.329 e. The number of hydrogen-bond donors (Lipinski definition) is 2. The Balaban J connectivity index is 0.927. The normalized spacial score (nSPS) is 30.3. The van der Waals surface area contributed by atoms with Crippen LogP contribution in [0.25, 0.3) is 0 Å². The number of halogens is 1. The van der Waals surface area contributed by atoms with Gasteiger partial charge in [0.25, 0.3) is 0 Å². The van der Waals surface area contributed by atoms with Gasteiger partial charge in [-0.2, -0.15) is 0 Å². The Hall–Kier alpha value is -3.53. The number of nitrogens with zero attached hydrogens (tertiary/aromatic N) is 2. The second-order valence-corrected chi connectivity index (χ2v) is 19.3. The van der Waals surface area contributed by atoms with E-state index in [-0.39, 0.29) is 5.41 Å². The van der Waals surface area contributed by atoms with Crippen molar-refractivity contribution in [3.63, 3.8) is 0 Å². The summed E-state index contributed by atoms with van der Waals surface area (Å²) in [6.45, 7) is 11.7. The van der Waals surface area contributed by atoms with E-state index in [4.69, 9.17) is 35.5 Å². The topological polar surface area (TPSA) is 102 Å². The zero-order chi connectivity index (χ0) is 39.9. The molecule has 3 unspecified atom stereocenters. The van der Waals surface area contributed by atoms with Gasteiger partial charge in [0.2, 0.25) is 0 Å². The third-order valence-electron chi connectivity index (χ3n) is 15.1. The van der Waals surface area contributed by atoms with Crippen molar-refractivity contribution in [1.82, 2.24) is 9.88 Å². The van der Waals surface area contributed by atoms with E-state index in [2.05, 4.69) is 36.2 Å². The number of ether oxygens (including phenoxy) is 4. The summed E-state index contributed by atoms with van der Waals surface area (Å²) in [6, 6.07) is 14.0. The minimum Gasteiger partial charge on any atom is -0.493 e. The third-order valence-corrected chi connectivity index (χ3v) is 15.3. The summed E-state index contributed by atoms with van der Waals surface area (Å²) >= 11 is 6.34. The SMILES string of the molecule is C[C@@H](COc1ccnc2c1[C@H](C)CCC2)CC1Cc2cc3c(cc2C12CCC(Nc1cccc(Cl)c1)(C(=O)O)CC2)OCC(CN1CCC(C2CCOCC2)C1)CO3. The van der Waals surface area contributed by atoms with E-state index < -0.39 is 11.5 Å². The van der Waals surface area contributed by atoms with E-state index in [1.54, 1.807) is 0 Å². The summed E-state index contributed by atoms with van der Waals surface area (Å²) < 4.78 is 25.6. The van der Waals surface area contributed by atoms with Crippen molar-refractivity contribution in [1.29, 1.82) is 0 Å². The first-order chi connectivity index (χ1) is 28.2. The minimum absolute atomic E-state index is 0.179. The molecule has 3 aliphatic carbocycles. The number of anilines is 1. The summed E-state index contributed by atoms with van der Waals surface area (Å²) in [7, 11) is 0. The molecule has 0 radical (unpaired) electrons. The van der Waals surface area contributed by atoms with Crippen LogP contribution in [0.3, 0.4) is 0 Å². The largest absolute Gasteiger partial charge is 0.493 e. The van der Waals surface area contributed by atoms with Crippen LogP contribution in [0.2, 0.25) is 5.02 Å². The van der Waals surface area contributed by atoms with Crippen LogP contribution in [0.4, 0.5) is 5.69 Å². The van der Waals surface area contributed by atoms with Crippen LogP contribution in [0.15, 0.2) is 48.7 Å². The maximum absolute atomic E-state index is 13.1. The molecule has 3 aromatic rings. The third kappa shape index (κ3) is 8.04. The number of likely N-dealkylation sites (tertiary alicyclic amines) is 1. The Kier molecular flexibility index (Phi) is 11.6. The zero-order valence-corrected chi connectivity index (χ0v) is 35.2. The van der Waals surface area contributed by atoms with Crippen molar-refractivity contribution in [2.75, 3.05) is 58.0 Å². The predicted octanol–water partition coefficient (Wildman–Crippen LogP) is 9.34. The van der Waals surface area contributed by atoms with Gasteiger partial charge in [-0.3, -0.25) is 4.98 Å². The standard InChI is InChI=1S/C48H62ClN3O6/c1-31(28-56-42-9-17-50-41-8-3-5-32(2)45(41)42)21-37-22-36-23-43-44(58-30-33(29-57-43)26-52-18-10-35(27-52)34-11-19-55-20-12-34)25-40(36)47(37)13-15-48(16-14-47,46(53)54)51-39-7-4-6-38(49)24-39/h4,6-7,9,17,23-25,31-35,37,51H,3,5,8,10-16,18-22,26-30H2,1-2H3,(H,53,54)/t31-,32-,33?,35?,37?,47?,48?/m1/s1. The molecular formula is C48H62ClN3O6. The predicted molar refractivity (Wildman–Crippen MR) is 227 cm³/mol. The number of carboxylic acid groups (broad SMARTS) is 1. The Morgan fingerprint density at radius 2 is 1.83 bits per heavy atom. The fraction of sp³-hybridized carbons (Fsp3) is 0.625. The van der Waals surface area contributed by atoms with Crippen molar-refractivity contribution in [2.24, 2.45) is 29.6 Å². The number of carboxylic acids is 1. The molecule has 1 saturated carbocycles. The van der Waals surface area contributed by atoms with Crippen molar-refractivity contribution < 1.29 is 28.8 Å². The first kappa shape index (κ1) is 39.9. The fourth-order valence-electron chi connectivity index (χ4n) is 11.9. The van der Waals surface area contributed by atoms with Gasteiger partial charge < -0.3 is 34.3 Å². The molecule has 0 amide bonds. The molecule has 2 saturated heterocycles. The average Bonchev–Trinajstić information content (AvgIpc) is 3.74. The first-order valence-corrected chi connectivity index (χ1v) is 22.7. The molecular weight excluding hydrogens is 750 g/mol. The maximum atomic E-state index is 13.1. The molecule has 3 aliphatic heterocycles. The van der Waals surface area contributed by atoms with Crippen molar-refractivity contribution in [2.45, 2.75) is 108 Å². The molecule has 3 fully saturated rings. The van der Waals surface area contributed by atoms with Crippen LogP contribution < -0.4 is 19.5 Å². The van der Waals surface area contributed by atoms with Gasteiger partial charge in [-0.25, -0.2) is 4.79 Å². The number of aliphatic carboxylic acids is 1. The van der Waals surface area contributed by atoms with Gasteiger partial charge in [0.05, 0.1) is 19.8 Å². The molecule has 5 atom stereocenters. The van der Waals surface area contributed by atoms with Crippen LogP contribution in [-0.4, -0.2) is 79.2 Å². The number of aromatic nitrogens is 1. The van der Waals surface area contributed by atoms with Crippen LogP contribution in [0.1, 0.15) is 106 Å². The molecule has 1 aromatic heterocycles. The number of rotatable bonds is 11. The van der Waals surface area contributed by atoms with E-state index in [0.29, 0.717) is 61.4 Å². The maximum Gasteiger partial charge on any atom is 0.329 e. The van der Waals surface area contributed by atoms with Crippen LogP contribution in [0.5, 0.6) is 17.2 Å². The monoisotopic (exact) mass is 811 g/mol. The van der Waals surface area contributed by atoms with Gasteiger partial charge in [-0.05, 0) is 166 Å². The number of nitrogens with one attached hydrogen (secondary N) is 1. The Morgan fingerprint density at radius 3 is 2.60 bits per heavy atom. The molecule has 2 N–H and O–H groups in total. The van der Waals surface area contributed by atoms with Gasteiger partial charge in [0.1, 0.15) is 11.3 Å². The number of aryl methyl sites for hydroxylation is 1. The molecule has 10 heteroatoms. The summed E-state index contributed by atoms with van der Waals surface area (Å²) in [5.41, 5.74) is 4.61. The molecule has 312 valence electrons. The lowest BCUT2D eigenvalue weighted by molar-refractivity contribution is -0.144. The number of benzene rings is 2.